The monoisotopic (exact) mass is 533 g/mol. The molecule has 0 aliphatic carbocycles. The van der Waals surface area contributed by atoms with E-state index in [-0.39, 0.29) is 32.8 Å². The standard InChI is InChI=1S/C24H15Cl3FN3O4/c1-35-19-9-4-13(25)10-18(19)31-23(33)20(27)21(24(31)34)29-14-5-2-12(3-6-14)22(32)30-15-7-8-17(28)16(26)11-15/h2-11,29H,1H3,(H,30,32). The van der Waals surface area contributed by atoms with Gasteiger partial charge in [0.2, 0.25) is 0 Å². The van der Waals surface area contributed by atoms with Crippen LogP contribution in [-0.2, 0) is 9.59 Å². The third-order valence-corrected chi connectivity index (χ3v) is 5.88. The largest absolute Gasteiger partial charge is 0.495 e. The Morgan fingerprint density at radius 3 is 2.26 bits per heavy atom. The number of amides is 3. The van der Waals surface area contributed by atoms with Gasteiger partial charge in [0.1, 0.15) is 22.3 Å². The lowest BCUT2D eigenvalue weighted by molar-refractivity contribution is -0.120. The summed E-state index contributed by atoms with van der Waals surface area (Å²) in [6, 6.07) is 14.4. The van der Waals surface area contributed by atoms with Gasteiger partial charge in [-0.2, -0.15) is 0 Å². The molecule has 3 aromatic rings. The average molecular weight is 535 g/mol. The first kappa shape index (κ1) is 24.5. The summed E-state index contributed by atoms with van der Waals surface area (Å²) in [6.07, 6.45) is 0. The van der Waals surface area contributed by atoms with Crippen LogP contribution in [0.1, 0.15) is 10.4 Å². The average Bonchev–Trinajstić information content (AvgIpc) is 3.04. The Kier molecular flexibility index (Phi) is 6.98. The van der Waals surface area contributed by atoms with Crippen LogP contribution in [0, 0.1) is 5.82 Å². The molecule has 0 saturated carbocycles. The minimum atomic E-state index is -0.742. The Labute approximate surface area is 214 Å². The zero-order chi connectivity index (χ0) is 25.3. The number of methoxy groups -OCH3 is 1. The van der Waals surface area contributed by atoms with Gasteiger partial charge in [-0.05, 0) is 60.7 Å². The highest BCUT2D eigenvalue weighted by molar-refractivity contribution is 6.53. The number of carbonyl (C=O) groups excluding carboxylic acids is 3. The maximum atomic E-state index is 13.3. The number of imide groups is 1. The van der Waals surface area contributed by atoms with Crippen LogP contribution in [0.15, 0.2) is 71.4 Å². The van der Waals surface area contributed by atoms with Crippen LogP contribution in [0.2, 0.25) is 10.0 Å². The van der Waals surface area contributed by atoms with E-state index in [1.54, 1.807) is 6.07 Å². The van der Waals surface area contributed by atoms with Crippen LogP contribution in [-0.4, -0.2) is 24.8 Å². The Bertz CT molecular complexity index is 1390. The Morgan fingerprint density at radius 1 is 0.914 bits per heavy atom. The van der Waals surface area contributed by atoms with Crippen molar-refractivity contribution in [2.45, 2.75) is 0 Å². The molecule has 0 atom stereocenters. The normalized spacial score (nSPS) is 13.3. The first-order chi connectivity index (χ1) is 16.7. The molecule has 0 fully saturated rings. The second-order valence-corrected chi connectivity index (χ2v) is 8.46. The SMILES string of the molecule is COc1ccc(Cl)cc1N1C(=O)C(Cl)=C(Nc2ccc(C(=O)Nc3ccc(F)c(Cl)c3)cc2)C1=O. The number of hydrogen-bond acceptors (Lipinski definition) is 5. The fourth-order valence-electron chi connectivity index (χ4n) is 3.29. The van der Waals surface area contributed by atoms with E-state index >= 15 is 0 Å². The van der Waals surface area contributed by atoms with Crippen molar-refractivity contribution < 1.29 is 23.5 Å². The molecule has 0 bridgehead atoms. The molecule has 0 spiro atoms. The molecule has 0 unspecified atom stereocenters. The minimum absolute atomic E-state index is 0.118. The number of ether oxygens (including phenoxy) is 1. The predicted octanol–water partition coefficient (Wildman–Crippen LogP) is 5.83. The molecular weight excluding hydrogens is 520 g/mol. The van der Waals surface area contributed by atoms with Crippen molar-refractivity contribution in [2.24, 2.45) is 0 Å². The van der Waals surface area contributed by atoms with E-state index in [9.17, 15) is 18.8 Å². The summed E-state index contributed by atoms with van der Waals surface area (Å²) >= 11 is 17.9. The van der Waals surface area contributed by atoms with Gasteiger partial charge in [0.15, 0.2) is 0 Å². The molecule has 1 aliphatic rings. The maximum Gasteiger partial charge on any atom is 0.283 e. The van der Waals surface area contributed by atoms with Gasteiger partial charge in [0, 0.05) is 22.0 Å². The van der Waals surface area contributed by atoms with Crippen LogP contribution >= 0.6 is 34.8 Å². The van der Waals surface area contributed by atoms with Gasteiger partial charge in [-0.25, -0.2) is 9.29 Å². The smallest absolute Gasteiger partial charge is 0.283 e. The fourth-order valence-corrected chi connectivity index (χ4v) is 3.85. The molecule has 11 heteroatoms. The van der Waals surface area contributed by atoms with Crippen molar-refractivity contribution in [3.05, 3.63) is 92.8 Å². The van der Waals surface area contributed by atoms with Crippen LogP contribution in [0.25, 0.3) is 0 Å². The number of rotatable bonds is 6. The van der Waals surface area contributed by atoms with Crippen molar-refractivity contribution >= 4 is 69.6 Å². The predicted molar refractivity (Wildman–Crippen MR) is 133 cm³/mol. The highest BCUT2D eigenvalue weighted by Crippen LogP contribution is 2.37. The van der Waals surface area contributed by atoms with E-state index in [0.717, 1.165) is 11.0 Å². The lowest BCUT2D eigenvalue weighted by Gasteiger charge is -2.18. The lowest BCUT2D eigenvalue weighted by atomic mass is 10.2. The molecule has 0 radical (unpaired) electrons. The number of halogens is 4. The second-order valence-electron chi connectivity index (χ2n) is 7.24. The van der Waals surface area contributed by atoms with Gasteiger partial charge in [-0.1, -0.05) is 34.8 Å². The van der Waals surface area contributed by atoms with E-state index in [1.807, 2.05) is 0 Å². The Balaban J connectivity index is 1.51. The zero-order valence-electron chi connectivity index (χ0n) is 17.9. The number of carbonyl (C=O) groups is 3. The zero-order valence-corrected chi connectivity index (χ0v) is 20.1. The van der Waals surface area contributed by atoms with Crippen molar-refractivity contribution in [1.82, 2.24) is 0 Å². The van der Waals surface area contributed by atoms with Gasteiger partial charge >= 0.3 is 0 Å². The summed E-state index contributed by atoms with van der Waals surface area (Å²) in [7, 11) is 1.40. The molecule has 4 rings (SSSR count). The third-order valence-electron chi connectivity index (χ3n) is 5.00. The van der Waals surface area contributed by atoms with Gasteiger partial charge in [-0.3, -0.25) is 14.4 Å². The molecule has 35 heavy (non-hydrogen) atoms. The van der Waals surface area contributed by atoms with Crippen molar-refractivity contribution in [2.75, 3.05) is 22.6 Å². The number of nitrogens with zero attached hydrogens (tertiary/aromatic N) is 1. The van der Waals surface area contributed by atoms with Crippen LogP contribution in [0.3, 0.4) is 0 Å². The van der Waals surface area contributed by atoms with E-state index in [2.05, 4.69) is 10.6 Å². The molecule has 7 nitrogen and oxygen atoms in total. The molecule has 3 amide bonds. The van der Waals surface area contributed by atoms with Crippen molar-refractivity contribution in [3.63, 3.8) is 0 Å². The maximum absolute atomic E-state index is 13.3. The van der Waals surface area contributed by atoms with Gasteiger partial charge in [0.25, 0.3) is 17.7 Å². The number of hydrogen-bond donors (Lipinski definition) is 2. The highest BCUT2D eigenvalue weighted by atomic mass is 35.5. The second kappa shape index (κ2) is 9.95. The third kappa shape index (κ3) is 4.95. The molecule has 1 heterocycles. The topological polar surface area (TPSA) is 87.7 Å². The van der Waals surface area contributed by atoms with Gasteiger partial charge < -0.3 is 15.4 Å². The van der Waals surface area contributed by atoms with E-state index in [1.165, 1.54) is 55.6 Å². The van der Waals surface area contributed by atoms with Gasteiger partial charge in [-0.15, -0.1) is 0 Å². The summed E-state index contributed by atoms with van der Waals surface area (Å²) < 4.78 is 18.5. The highest BCUT2D eigenvalue weighted by Gasteiger charge is 2.40. The van der Waals surface area contributed by atoms with E-state index < -0.39 is 23.5 Å². The summed E-state index contributed by atoms with van der Waals surface area (Å²) in [5, 5.41) is 5.30. The van der Waals surface area contributed by atoms with E-state index in [0.29, 0.717) is 16.4 Å². The summed E-state index contributed by atoms with van der Waals surface area (Å²) in [5.74, 6) is -2.23. The fraction of sp³-hybridized carbons (Fsp3) is 0.0417. The lowest BCUT2D eigenvalue weighted by Crippen LogP contribution is -2.32. The van der Waals surface area contributed by atoms with Crippen molar-refractivity contribution in [3.8, 4) is 5.75 Å². The summed E-state index contributed by atoms with van der Waals surface area (Å²) in [4.78, 5) is 39.1. The molecule has 3 aromatic carbocycles. The Hall–Kier alpha value is -3.59. The van der Waals surface area contributed by atoms with Crippen molar-refractivity contribution in [1.29, 1.82) is 0 Å². The summed E-state index contributed by atoms with van der Waals surface area (Å²) in [6.45, 7) is 0. The van der Waals surface area contributed by atoms with E-state index in [4.69, 9.17) is 39.5 Å². The van der Waals surface area contributed by atoms with Gasteiger partial charge in [0.05, 0.1) is 17.8 Å². The summed E-state index contributed by atoms with van der Waals surface area (Å²) in [5.41, 5.74) is 1.03. The molecule has 0 aromatic heterocycles. The number of nitrogens with one attached hydrogen (secondary N) is 2. The quantitative estimate of drug-likeness (QED) is 0.389. The number of benzene rings is 3. The molecule has 178 valence electrons. The molecule has 0 saturated heterocycles. The Morgan fingerprint density at radius 2 is 1.60 bits per heavy atom. The van der Waals surface area contributed by atoms with Crippen LogP contribution in [0.5, 0.6) is 5.75 Å². The first-order valence-electron chi connectivity index (χ1n) is 9.95. The molecule has 1 aliphatic heterocycles. The number of anilines is 3. The minimum Gasteiger partial charge on any atom is -0.495 e. The molecular formula is C24H15Cl3FN3O4. The first-order valence-corrected chi connectivity index (χ1v) is 11.1. The van der Waals surface area contributed by atoms with Crippen LogP contribution < -0.4 is 20.3 Å². The van der Waals surface area contributed by atoms with Crippen LogP contribution in [0.4, 0.5) is 21.5 Å². The molecule has 2 N–H and O–H groups in total.